The Balaban J connectivity index is 1.60. The molecule has 1 N–H and O–H groups in total. The molecule has 4 heterocycles. The lowest BCUT2D eigenvalue weighted by Gasteiger charge is -2.06. The molecule has 0 fully saturated rings. The van der Waals surface area contributed by atoms with Crippen LogP contribution in [0.15, 0.2) is 55.2 Å². The third kappa shape index (κ3) is 2.39. The normalized spacial score (nSPS) is 10.9. The number of hydrogen-bond donors (Lipinski definition) is 1. The molecule has 4 aromatic rings. The van der Waals surface area contributed by atoms with Crippen molar-refractivity contribution in [1.82, 2.24) is 29.1 Å². The van der Waals surface area contributed by atoms with Crippen LogP contribution in [0.4, 0.5) is 5.69 Å². The Bertz CT molecular complexity index is 1000. The highest BCUT2D eigenvalue weighted by atomic mass is 16.2. The number of hydrogen-bond acceptors (Lipinski definition) is 5. The number of imidazole rings is 1. The van der Waals surface area contributed by atoms with Gasteiger partial charge in [0.2, 0.25) is 0 Å². The van der Waals surface area contributed by atoms with Crippen LogP contribution in [0.3, 0.4) is 0 Å². The van der Waals surface area contributed by atoms with Gasteiger partial charge in [0.15, 0.2) is 0 Å². The second kappa shape index (κ2) is 5.58. The number of rotatable bonds is 3. The predicted molar refractivity (Wildman–Crippen MR) is 87.0 cm³/mol. The molecular weight excluding hydrogens is 306 g/mol. The maximum absolute atomic E-state index is 12.6. The van der Waals surface area contributed by atoms with Gasteiger partial charge in [0.25, 0.3) is 11.9 Å². The predicted octanol–water partition coefficient (Wildman–Crippen LogP) is 1.87. The van der Waals surface area contributed by atoms with Crippen molar-refractivity contribution in [2.24, 2.45) is 0 Å². The summed E-state index contributed by atoms with van der Waals surface area (Å²) >= 11 is 0. The molecule has 118 valence electrons. The fourth-order valence-electron chi connectivity index (χ4n) is 2.47. The number of nitrogens with one attached hydrogen (secondary N) is 1. The Kier molecular flexibility index (Phi) is 3.27. The van der Waals surface area contributed by atoms with E-state index in [2.05, 4.69) is 25.4 Å². The smallest absolute Gasteiger partial charge is 0.274 e. The number of amides is 1. The summed E-state index contributed by atoms with van der Waals surface area (Å²) in [5, 5.41) is 6.85. The molecule has 0 bridgehead atoms. The van der Waals surface area contributed by atoms with Gasteiger partial charge in [-0.1, -0.05) is 6.07 Å². The lowest BCUT2D eigenvalue weighted by molar-refractivity contribution is 0.102. The third-order valence-corrected chi connectivity index (χ3v) is 3.52. The molecule has 0 aliphatic carbocycles. The minimum atomic E-state index is -0.262. The number of pyridine rings is 1. The topological polar surface area (TPSA) is 90.0 Å². The number of carbonyl (C=O) groups excluding carboxylic acids is 1. The van der Waals surface area contributed by atoms with Crippen LogP contribution in [0.1, 0.15) is 16.2 Å². The number of aromatic nitrogens is 6. The average molecular weight is 319 g/mol. The van der Waals surface area contributed by atoms with Crippen LogP contribution in [0.25, 0.3) is 11.6 Å². The number of fused-ring (bicyclic) bond motifs is 1. The zero-order valence-electron chi connectivity index (χ0n) is 12.8. The largest absolute Gasteiger partial charge is 0.318 e. The van der Waals surface area contributed by atoms with Crippen LogP contribution in [0, 0.1) is 6.92 Å². The van der Waals surface area contributed by atoms with E-state index in [1.54, 1.807) is 46.9 Å². The number of carbonyl (C=O) groups is 1. The van der Waals surface area contributed by atoms with Crippen LogP contribution in [-0.2, 0) is 0 Å². The zero-order chi connectivity index (χ0) is 16.5. The molecule has 1 amide bonds. The molecule has 0 atom stereocenters. The van der Waals surface area contributed by atoms with E-state index < -0.39 is 0 Å². The molecule has 0 unspecified atom stereocenters. The van der Waals surface area contributed by atoms with Gasteiger partial charge in [-0.25, -0.2) is 19.6 Å². The van der Waals surface area contributed by atoms with Crippen LogP contribution in [-0.4, -0.2) is 35.0 Å². The molecule has 0 saturated heterocycles. The lowest BCUT2D eigenvalue weighted by atomic mass is 10.3. The van der Waals surface area contributed by atoms with Gasteiger partial charge in [0.05, 0.1) is 23.8 Å². The highest BCUT2D eigenvalue weighted by molar-refractivity contribution is 6.04. The molecule has 0 radical (unpaired) electrons. The van der Waals surface area contributed by atoms with Crippen molar-refractivity contribution in [3.63, 3.8) is 0 Å². The summed E-state index contributed by atoms with van der Waals surface area (Å²) in [5.74, 6) is 0.172. The number of anilines is 1. The van der Waals surface area contributed by atoms with E-state index in [1.165, 1.54) is 0 Å². The fraction of sp³-hybridized carbons (Fsp3) is 0.0625. The molecular formula is C16H13N7O. The monoisotopic (exact) mass is 319 g/mol. The molecule has 24 heavy (non-hydrogen) atoms. The summed E-state index contributed by atoms with van der Waals surface area (Å²) in [5.41, 5.74) is 2.38. The summed E-state index contributed by atoms with van der Waals surface area (Å²) in [6, 6.07) is 7.37. The third-order valence-electron chi connectivity index (χ3n) is 3.52. The second-order valence-electron chi connectivity index (χ2n) is 5.15. The maximum atomic E-state index is 12.6. The van der Waals surface area contributed by atoms with E-state index >= 15 is 0 Å². The molecule has 0 spiro atoms. The van der Waals surface area contributed by atoms with Crippen LogP contribution >= 0.6 is 0 Å². The molecule has 8 heteroatoms. The van der Waals surface area contributed by atoms with Crippen LogP contribution in [0.2, 0.25) is 0 Å². The number of nitrogens with zero attached hydrogens (tertiary/aromatic N) is 6. The Morgan fingerprint density at radius 1 is 1.12 bits per heavy atom. The van der Waals surface area contributed by atoms with Gasteiger partial charge in [-0.15, -0.1) is 0 Å². The van der Waals surface area contributed by atoms with Crippen LogP contribution < -0.4 is 5.32 Å². The first-order valence-corrected chi connectivity index (χ1v) is 7.29. The van der Waals surface area contributed by atoms with Crippen molar-refractivity contribution in [1.29, 1.82) is 0 Å². The highest BCUT2D eigenvalue weighted by Crippen LogP contribution is 2.14. The summed E-state index contributed by atoms with van der Waals surface area (Å²) in [6.07, 6.45) is 8.28. The zero-order valence-corrected chi connectivity index (χ0v) is 12.8. The Morgan fingerprint density at radius 2 is 1.96 bits per heavy atom. The lowest BCUT2D eigenvalue weighted by Crippen LogP contribution is -2.16. The molecule has 0 saturated carbocycles. The Morgan fingerprint density at radius 3 is 2.71 bits per heavy atom. The molecule has 8 nitrogen and oxygen atoms in total. The van der Waals surface area contributed by atoms with Gasteiger partial charge in [0, 0.05) is 18.6 Å². The fourth-order valence-corrected chi connectivity index (χ4v) is 2.47. The van der Waals surface area contributed by atoms with Gasteiger partial charge >= 0.3 is 0 Å². The van der Waals surface area contributed by atoms with Crippen LogP contribution in [0.5, 0.6) is 0 Å². The maximum Gasteiger partial charge on any atom is 0.274 e. The Labute approximate surface area is 136 Å². The van der Waals surface area contributed by atoms with Crippen molar-refractivity contribution in [2.45, 2.75) is 6.92 Å². The molecule has 0 aromatic carbocycles. The SMILES string of the molecule is Cc1nc2ccccn2c1C(=O)Nc1cnc(-n2cccn2)nc1. The minimum Gasteiger partial charge on any atom is -0.318 e. The van der Waals surface area contributed by atoms with E-state index in [0.29, 0.717) is 23.0 Å². The van der Waals surface area contributed by atoms with E-state index in [0.717, 1.165) is 5.65 Å². The van der Waals surface area contributed by atoms with Gasteiger partial charge in [-0.3, -0.25) is 9.20 Å². The van der Waals surface area contributed by atoms with Crippen molar-refractivity contribution in [2.75, 3.05) is 5.32 Å². The number of aryl methyl sites for hydroxylation is 1. The summed E-state index contributed by atoms with van der Waals surface area (Å²) in [4.78, 5) is 25.3. The van der Waals surface area contributed by atoms with E-state index in [9.17, 15) is 4.79 Å². The van der Waals surface area contributed by atoms with E-state index in [4.69, 9.17) is 0 Å². The van der Waals surface area contributed by atoms with Gasteiger partial charge in [0.1, 0.15) is 11.3 Å². The summed E-state index contributed by atoms with van der Waals surface area (Å²) in [7, 11) is 0. The van der Waals surface area contributed by atoms with Crippen molar-refractivity contribution >= 4 is 17.2 Å². The highest BCUT2D eigenvalue weighted by Gasteiger charge is 2.16. The van der Waals surface area contributed by atoms with Gasteiger partial charge < -0.3 is 5.32 Å². The molecule has 0 aliphatic rings. The molecule has 4 aromatic heterocycles. The van der Waals surface area contributed by atoms with E-state index in [1.807, 2.05) is 24.4 Å². The van der Waals surface area contributed by atoms with Gasteiger partial charge in [-0.05, 0) is 25.1 Å². The van der Waals surface area contributed by atoms with Crippen molar-refractivity contribution in [3.05, 3.63) is 66.6 Å². The first-order valence-electron chi connectivity index (χ1n) is 7.29. The second-order valence-corrected chi connectivity index (χ2v) is 5.15. The minimum absolute atomic E-state index is 0.262. The molecule has 0 aliphatic heterocycles. The quantitative estimate of drug-likeness (QED) is 0.622. The summed E-state index contributed by atoms with van der Waals surface area (Å²) < 4.78 is 3.30. The summed E-state index contributed by atoms with van der Waals surface area (Å²) in [6.45, 7) is 1.80. The first-order chi connectivity index (χ1) is 11.7. The van der Waals surface area contributed by atoms with Gasteiger partial charge in [-0.2, -0.15) is 5.10 Å². The average Bonchev–Trinajstić information content (AvgIpc) is 3.22. The van der Waals surface area contributed by atoms with Crippen molar-refractivity contribution in [3.8, 4) is 5.95 Å². The standard InChI is InChI=1S/C16H13N7O/c1-11-14(22-7-3-2-5-13(22)20-11)15(24)21-12-9-17-16(18-10-12)23-8-4-6-19-23/h2-10H,1H3,(H,21,24). The van der Waals surface area contributed by atoms with Crippen molar-refractivity contribution < 1.29 is 4.79 Å². The van der Waals surface area contributed by atoms with E-state index in [-0.39, 0.29) is 5.91 Å². The first kappa shape index (κ1) is 14.1. The Hall–Kier alpha value is -3.55. The molecule has 4 rings (SSSR count).